The van der Waals surface area contributed by atoms with E-state index in [2.05, 4.69) is 19.2 Å². The standard InChI is InChI=1S/C16H22FNO/c1-16(2)14(9-15(16)19-3)18-13-7-4-10-8-11(17)5-6-12(10)13/h5-6,8,13-15,18H,4,7,9H2,1-3H3. The van der Waals surface area contributed by atoms with Crippen molar-refractivity contribution in [1.29, 1.82) is 0 Å². The number of aryl methyl sites for hydroxylation is 1. The lowest BCUT2D eigenvalue weighted by molar-refractivity contribution is -0.100. The third-order valence-electron chi connectivity index (χ3n) is 5.05. The third kappa shape index (κ3) is 2.09. The predicted molar refractivity (Wildman–Crippen MR) is 73.6 cm³/mol. The Kier molecular flexibility index (Phi) is 3.14. The Morgan fingerprint density at radius 3 is 2.84 bits per heavy atom. The molecule has 0 aromatic heterocycles. The van der Waals surface area contributed by atoms with Crippen LogP contribution in [-0.2, 0) is 11.2 Å². The molecule has 0 heterocycles. The lowest BCUT2D eigenvalue weighted by atomic mass is 9.64. The van der Waals surface area contributed by atoms with Gasteiger partial charge in [0.1, 0.15) is 5.82 Å². The van der Waals surface area contributed by atoms with Crippen LogP contribution in [0.25, 0.3) is 0 Å². The minimum atomic E-state index is -0.122. The SMILES string of the molecule is COC1CC(NC2CCc3cc(F)ccc32)C1(C)C. The summed E-state index contributed by atoms with van der Waals surface area (Å²) in [4.78, 5) is 0. The number of methoxy groups -OCH3 is 1. The number of ether oxygens (including phenoxy) is 1. The normalized spacial score (nSPS) is 31.9. The molecule has 0 aliphatic heterocycles. The molecule has 0 bridgehead atoms. The average Bonchev–Trinajstić information content (AvgIpc) is 2.76. The average molecular weight is 263 g/mol. The van der Waals surface area contributed by atoms with Crippen LogP contribution in [0.15, 0.2) is 18.2 Å². The molecule has 104 valence electrons. The van der Waals surface area contributed by atoms with Gasteiger partial charge in [0.25, 0.3) is 0 Å². The van der Waals surface area contributed by atoms with Gasteiger partial charge in [0.05, 0.1) is 6.10 Å². The fourth-order valence-corrected chi connectivity index (χ4v) is 3.57. The second-order valence-electron chi connectivity index (χ2n) is 6.44. The Balaban J connectivity index is 1.71. The number of fused-ring (bicyclic) bond motifs is 1. The zero-order valence-corrected chi connectivity index (χ0v) is 11.9. The van der Waals surface area contributed by atoms with Crippen LogP contribution in [-0.4, -0.2) is 19.3 Å². The first-order chi connectivity index (χ1) is 9.02. The second-order valence-corrected chi connectivity index (χ2v) is 6.44. The third-order valence-corrected chi connectivity index (χ3v) is 5.05. The molecule has 3 heteroatoms. The summed E-state index contributed by atoms with van der Waals surface area (Å²) in [5.74, 6) is -0.122. The fourth-order valence-electron chi connectivity index (χ4n) is 3.57. The van der Waals surface area contributed by atoms with Crippen LogP contribution in [0.2, 0.25) is 0 Å². The first-order valence-electron chi connectivity index (χ1n) is 7.09. The highest BCUT2D eigenvalue weighted by atomic mass is 19.1. The Labute approximate surface area is 114 Å². The van der Waals surface area contributed by atoms with Gasteiger partial charge in [0.2, 0.25) is 0 Å². The second kappa shape index (κ2) is 4.57. The zero-order valence-electron chi connectivity index (χ0n) is 11.9. The minimum Gasteiger partial charge on any atom is -0.381 e. The van der Waals surface area contributed by atoms with Crippen molar-refractivity contribution in [3.05, 3.63) is 35.1 Å². The van der Waals surface area contributed by atoms with Gasteiger partial charge in [0, 0.05) is 24.6 Å². The molecule has 3 atom stereocenters. The number of hydrogen-bond acceptors (Lipinski definition) is 2. The Morgan fingerprint density at radius 1 is 1.37 bits per heavy atom. The van der Waals surface area contributed by atoms with Gasteiger partial charge < -0.3 is 10.1 Å². The Hall–Kier alpha value is -0.930. The Morgan fingerprint density at radius 2 is 2.16 bits per heavy atom. The molecule has 3 rings (SSSR count). The Bertz CT molecular complexity index is 486. The fraction of sp³-hybridized carbons (Fsp3) is 0.625. The quantitative estimate of drug-likeness (QED) is 0.904. The van der Waals surface area contributed by atoms with Crippen LogP contribution >= 0.6 is 0 Å². The number of rotatable bonds is 3. The molecule has 1 aromatic rings. The van der Waals surface area contributed by atoms with Crippen LogP contribution in [0, 0.1) is 11.2 Å². The molecule has 2 aliphatic carbocycles. The van der Waals surface area contributed by atoms with E-state index in [4.69, 9.17) is 4.74 Å². The summed E-state index contributed by atoms with van der Waals surface area (Å²) in [6.07, 6.45) is 3.46. The first kappa shape index (κ1) is 13.1. The lowest BCUT2D eigenvalue weighted by Gasteiger charge is -2.52. The highest BCUT2D eigenvalue weighted by Crippen LogP contribution is 2.44. The van der Waals surface area contributed by atoms with E-state index in [0.29, 0.717) is 18.2 Å². The molecule has 1 N–H and O–H groups in total. The number of nitrogens with one attached hydrogen (secondary N) is 1. The molecule has 1 saturated carbocycles. The van der Waals surface area contributed by atoms with Crippen LogP contribution in [0.3, 0.4) is 0 Å². The van der Waals surface area contributed by atoms with Crippen molar-refractivity contribution < 1.29 is 9.13 Å². The molecule has 2 aliphatic rings. The molecule has 2 nitrogen and oxygen atoms in total. The van der Waals surface area contributed by atoms with E-state index in [-0.39, 0.29) is 11.2 Å². The molecule has 19 heavy (non-hydrogen) atoms. The molecular formula is C16H22FNO. The maximum atomic E-state index is 13.2. The summed E-state index contributed by atoms with van der Waals surface area (Å²) >= 11 is 0. The van der Waals surface area contributed by atoms with Crippen molar-refractivity contribution in [3.8, 4) is 0 Å². The van der Waals surface area contributed by atoms with Crippen molar-refractivity contribution in [3.63, 3.8) is 0 Å². The topological polar surface area (TPSA) is 21.3 Å². The van der Waals surface area contributed by atoms with E-state index in [1.165, 1.54) is 5.56 Å². The van der Waals surface area contributed by atoms with E-state index >= 15 is 0 Å². The molecular weight excluding hydrogens is 241 g/mol. The number of benzene rings is 1. The van der Waals surface area contributed by atoms with Gasteiger partial charge in [-0.25, -0.2) is 4.39 Å². The van der Waals surface area contributed by atoms with E-state index in [1.54, 1.807) is 19.2 Å². The number of halogens is 1. The van der Waals surface area contributed by atoms with Crippen LogP contribution < -0.4 is 5.32 Å². The summed E-state index contributed by atoms with van der Waals surface area (Å²) in [7, 11) is 1.79. The molecule has 1 aromatic carbocycles. The van der Waals surface area contributed by atoms with Gasteiger partial charge in [0.15, 0.2) is 0 Å². The highest BCUT2D eigenvalue weighted by molar-refractivity contribution is 5.35. The largest absolute Gasteiger partial charge is 0.381 e. The van der Waals surface area contributed by atoms with Gasteiger partial charge >= 0.3 is 0 Å². The minimum absolute atomic E-state index is 0.122. The summed E-state index contributed by atoms with van der Waals surface area (Å²) in [6.45, 7) is 4.51. The van der Waals surface area contributed by atoms with E-state index in [9.17, 15) is 4.39 Å². The van der Waals surface area contributed by atoms with Gasteiger partial charge in [-0.2, -0.15) is 0 Å². The summed E-state index contributed by atoms with van der Waals surface area (Å²) in [5.41, 5.74) is 2.62. The smallest absolute Gasteiger partial charge is 0.123 e. The van der Waals surface area contributed by atoms with Gasteiger partial charge in [-0.05, 0) is 42.5 Å². The molecule has 0 spiro atoms. The van der Waals surface area contributed by atoms with E-state index in [0.717, 1.165) is 24.8 Å². The summed E-state index contributed by atoms with van der Waals surface area (Å²) < 4.78 is 18.7. The highest BCUT2D eigenvalue weighted by Gasteiger charge is 2.49. The van der Waals surface area contributed by atoms with Crippen LogP contribution in [0.5, 0.6) is 0 Å². The van der Waals surface area contributed by atoms with Crippen molar-refractivity contribution >= 4 is 0 Å². The van der Waals surface area contributed by atoms with Gasteiger partial charge in [-0.1, -0.05) is 19.9 Å². The molecule has 1 fully saturated rings. The van der Waals surface area contributed by atoms with Gasteiger partial charge in [-0.3, -0.25) is 0 Å². The predicted octanol–water partition coefficient (Wildman–Crippen LogP) is 3.22. The molecule has 0 radical (unpaired) electrons. The van der Waals surface area contributed by atoms with E-state index < -0.39 is 0 Å². The van der Waals surface area contributed by atoms with Crippen molar-refractivity contribution in [2.24, 2.45) is 5.41 Å². The first-order valence-corrected chi connectivity index (χ1v) is 7.09. The van der Waals surface area contributed by atoms with E-state index in [1.807, 2.05) is 6.07 Å². The van der Waals surface area contributed by atoms with Crippen molar-refractivity contribution in [1.82, 2.24) is 5.32 Å². The summed E-state index contributed by atoms with van der Waals surface area (Å²) in [5, 5.41) is 3.74. The number of hydrogen-bond donors (Lipinski definition) is 1. The summed E-state index contributed by atoms with van der Waals surface area (Å²) in [6, 6.07) is 6.05. The zero-order chi connectivity index (χ0) is 13.6. The maximum Gasteiger partial charge on any atom is 0.123 e. The molecule has 0 saturated heterocycles. The van der Waals surface area contributed by atoms with Crippen molar-refractivity contribution in [2.45, 2.75) is 51.3 Å². The monoisotopic (exact) mass is 263 g/mol. The van der Waals surface area contributed by atoms with Crippen LogP contribution in [0.4, 0.5) is 4.39 Å². The maximum absolute atomic E-state index is 13.2. The molecule has 3 unspecified atom stereocenters. The van der Waals surface area contributed by atoms with Gasteiger partial charge in [-0.15, -0.1) is 0 Å². The van der Waals surface area contributed by atoms with Crippen molar-refractivity contribution in [2.75, 3.05) is 7.11 Å². The molecule has 0 amide bonds. The lowest BCUT2D eigenvalue weighted by Crippen LogP contribution is -2.61. The van der Waals surface area contributed by atoms with Crippen LogP contribution in [0.1, 0.15) is 43.9 Å².